The summed E-state index contributed by atoms with van der Waals surface area (Å²) in [6.07, 6.45) is 2.56. The smallest absolute Gasteiger partial charge is 0.280 e. The lowest BCUT2D eigenvalue weighted by Gasteiger charge is -2.27. The molecule has 1 aliphatic rings. The first kappa shape index (κ1) is 14.5. The number of nitrogen functional groups attached to an aromatic ring is 1. The fraction of sp³-hybridized carbons (Fsp3) is 0.417. The number of hydrogen-bond donors (Lipinski definition) is 5. The summed E-state index contributed by atoms with van der Waals surface area (Å²) in [6, 6.07) is 0. The number of hydrogen-bond acceptors (Lipinski definition) is 8. The van der Waals surface area contributed by atoms with Gasteiger partial charge in [-0.15, -0.1) is 6.42 Å². The van der Waals surface area contributed by atoms with E-state index in [4.69, 9.17) is 16.9 Å². The van der Waals surface area contributed by atoms with E-state index in [-0.39, 0.29) is 17.1 Å². The Hall–Kier alpha value is -2.45. The molecule has 2 aromatic heterocycles. The molecule has 3 rings (SSSR count). The van der Waals surface area contributed by atoms with Crippen LogP contribution in [0.1, 0.15) is 0 Å². The monoisotopic (exact) mass is 307 g/mol. The molecule has 1 saturated heterocycles. The van der Waals surface area contributed by atoms with Crippen molar-refractivity contribution in [3.05, 3.63) is 16.7 Å². The van der Waals surface area contributed by atoms with Crippen molar-refractivity contribution in [2.24, 2.45) is 0 Å². The predicted molar refractivity (Wildman–Crippen MR) is 73.3 cm³/mol. The van der Waals surface area contributed by atoms with Gasteiger partial charge in [-0.1, -0.05) is 0 Å². The lowest BCUT2D eigenvalue weighted by molar-refractivity contribution is -0.103. The van der Waals surface area contributed by atoms with E-state index in [1.54, 1.807) is 0 Å². The van der Waals surface area contributed by atoms with Gasteiger partial charge >= 0.3 is 0 Å². The van der Waals surface area contributed by atoms with Crippen molar-refractivity contribution in [1.82, 2.24) is 19.5 Å². The number of rotatable bonds is 2. The molecule has 0 unspecified atom stereocenters. The summed E-state index contributed by atoms with van der Waals surface area (Å²) in [4.78, 5) is 21.9. The minimum atomic E-state index is -1.87. The van der Waals surface area contributed by atoms with Gasteiger partial charge in [0.1, 0.15) is 24.6 Å². The quantitative estimate of drug-likeness (QED) is 0.369. The second-order valence-corrected chi connectivity index (χ2v) is 4.85. The molecule has 3 heterocycles. The van der Waals surface area contributed by atoms with Crippen molar-refractivity contribution < 1.29 is 20.1 Å². The highest BCUT2D eigenvalue weighted by atomic mass is 16.6. The average Bonchev–Trinajstić information content (AvgIpc) is 3.01. The number of imidazole rings is 1. The number of nitrogens with zero attached hydrogens (tertiary/aromatic N) is 3. The van der Waals surface area contributed by atoms with Gasteiger partial charge in [-0.2, -0.15) is 4.98 Å². The molecule has 1 fully saturated rings. The van der Waals surface area contributed by atoms with E-state index < -0.39 is 36.2 Å². The first-order chi connectivity index (χ1) is 10.4. The minimum absolute atomic E-state index is 0.0101. The number of nitrogens with two attached hydrogens (primary N) is 1. The van der Waals surface area contributed by atoms with Crippen LogP contribution in [0.3, 0.4) is 0 Å². The zero-order valence-electron chi connectivity index (χ0n) is 11.2. The topological polar surface area (TPSA) is 160 Å². The third-order valence-electron chi connectivity index (χ3n) is 3.61. The van der Waals surface area contributed by atoms with Crippen LogP contribution in [0.5, 0.6) is 0 Å². The highest BCUT2D eigenvalue weighted by molar-refractivity contribution is 5.71. The van der Waals surface area contributed by atoms with E-state index in [2.05, 4.69) is 20.9 Å². The van der Waals surface area contributed by atoms with E-state index in [1.165, 1.54) is 0 Å². The molecule has 10 nitrogen and oxygen atoms in total. The number of aromatic nitrogens is 4. The predicted octanol–water partition coefficient (Wildman–Crippen LogP) is -2.90. The van der Waals surface area contributed by atoms with E-state index in [1.807, 2.05) is 0 Å². The summed E-state index contributed by atoms with van der Waals surface area (Å²) in [5, 5.41) is 29.4. The molecule has 0 radical (unpaired) electrons. The molecule has 1 aliphatic heterocycles. The first-order valence-electron chi connectivity index (χ1n) is 6.30. The van der Waals surface area contributed by atoms with E-state index in [9.17, 15) is 20.1 Å². The van der Waals surface area contributed by atoms with Gasteiger partial charge in [-0.25, -0.2) is 4.98 Å². The molecule has 0 amide bonds. The Morgan fingerprint density at radius 2 is 2.32 bits per heavy atom. The maximum absolute atomic E-state index is 11.8. The Bertz CT molecular complexity index is 823. The fourth-order valence-corrected chi connectivity index (χ4v) is 2.51. The second-order valence-electron chi connectivity index (χ2n) is 4.85. The summed E-state index contributed by atoms with van der Waals surface area (Å²) in [5.74, 6) is 2.07. The molecule has 0 aliphatic carbocycles. The highest BCUT2D eigenvalue weighted by Gasteiger charge is 2.55. The van der Waals surface area contributed by atoms with Crippen molar-refractivity contribution in [3.63, 3.8) is 0 Å². The van der Waals surface area contributed by atoms with Crippen molar-refractivity contribution in [3.8, 4) is 12.3 Å². The largest absolute Gasteiger partial charge is 0.394 e. The Labute approximate surface area is 123 Å². The molecule has 0 bridgehead atoms. The van der Waals surface area contributed by atoms with Crippen LogP contribution in [0.2, 0.25) is 0 Å². The number of ether oxygens (including phenoxy) is 1. The molecule has 0 aromatic carbocycles. The van der Waals surface area contributed by atoms with Crippen LogP contribution in [-0.2, 0) is 10.5 Å². The zero-order chi connectivity index (χ0) is 16.1. The number of fused-ring (bicyclic) bond motifs is 1. The van der Waals surface area contributed by atoms with Crippen LogP contribution in [0.15, 0.2) is 11.1 Å². The first-order valence-corrected chi connectivity index (χ1v) is 6.30. The minimum Gasteiger partial charge on any atom is -0.394 e. The lowest BCUT2D eigenvalue weighted by atomic mass is 10.0. The van der Waals surface area contributed by atoms with E-state index in [0.29, 0.717) is 0 Å². The maximum atomic E-state index is 11.8. The molecule has 116 valence electrons. The van der Waals surface area contributed by atoms with Crippen LogP contribution in [0.4, 0.5) is 5.95 Å². The molecule has 10 heteroatoms. The third-order valence-corrected chi connectivity index (χ3v) is 3.61. The summed E-state index contributed by atoms with van der Waals surface area (Å²) < 4.78 is 6.58. The Morgan fingerprint density at radius 3 is 2.91 bits per heavy atom. The van der Waals surface area contributed by atoms with Gasteiger partial charge in [0.25, 0.3) is 5.56 Å². The van der Waals surface area contributed by atoms with Crippen molar-refractivity contribution in [1.29, 1.82) is 0 Å². The second kappa shape index (κ2) is 4.79. The number of aliphatic hydroxyl groups excluding tert-OH is 3. The van der Waals surface area contributed by atoms with Crippen molar-refractivity contribution >= 4 is 17.1 Å². The third kappa shape index (κ3) is 1.74. The van der Waals surface area contributed by atoms with Crippen molar-refractivity contribution in [2.45, 2.75) is 24.0 Å². The van der Waals surface area contributed by atoms with E-state index >= 15 is 0 Å². The van der Waals surface area contributed by atoms with Gasteiger partial charge in [0.15, 0.2) is 11.2 Å². The normalized spacial score (nSPS) is 31.5. The fourth-order valence-electron chi connectivity index (χ4n) is 2.51. The average molecular weight is 307 g/mol. The van der Waals surface area contributed by atoms with Crippen LogP contribution in [-0.4, -0.2) is 59.8 Å². The Balaban J connectivity index is 2.25. The van der Waals surface area contributed by atoms with Crippen LogP contribution in [0, 0.1) is 12.3 Å². The molecule has 6 N–H and O–H groups in total. The van der Waals surface area contributed by atoms with Crippen LogP contribution >= 0.6 is 0 Å². The summed E-state index contributed by atoms with van der Waals surface area (Å²) >= 11 is 0. The number of anilines is 1. The number of nitrogens with one attached hydrogen (secondary N) is 1. The van der Waals surface area contributed by atoms with Crippen molar-refractivity contribution in [2.75, 3.05) is 12.3 Å². The molecule has 0 saturated carbocycles. The Morgan fingerprint density at radius 1 is 1.59 bits per heavy atom. The summed E-state index contributed by atoms with van der Waals surface area (Å²) in [7, 11) is 0. The molecule has 2 aromatic rings. The van der Waals surface area contributed by atoms with E-state index in [0.717, 1.165) is 10.9 Å². The Kier molecular flexibility index (Phi) is 3.15. The van der Waals surface area contributed by atoms with Gasteiger partial charge in [-0.3, -0.25) is 14.3 Å². The maximum Gasteiger partial charge on any atom is 0.280 e. The highest BCUT2D eigenvalue weighted by Crippen LogP contribution is 2.36. The summed E-state index contributed by atoms with van der Waals surface area (Å²) in [5.41, 5.74) is 2.99. The van der Waals surface area contributed by atoms with Gasteiger partial charge in [-0.05, 0) is 5.92 Å². The van der Waals surface area contributed by atoms with Gasteiger partial charge < -0.3 is 25.8 Å². The molecule has 0 spiro atoms. The molecular formula is C12H13N5O5. The lowest BCUT2D eigenvalue weighted by Crippen LogP contribution is -2.44. The van der Waals surface area contributed by atoms with Gasteiger partial charge in [0.05, 0.1) is 6.61 Å². The number of terminal acetylenes is 1. The number of aromatic amines is 1. The summed E-state index contributed by atoms with van der Waals surface area (Å²) in [6.45, 7) is -0.551. The molecule has 22 heavy (non-hydrogen) atoms. The zero-order valence-corrected chi connectivity index (χ0v) is 11.2. The number of aliphatic hydroxyl groups is 3. The van der Waals surface area contributed by atoms with Crippen LogP contribution in [0.25, 0.3) is 11.2 Å². The molecular weight excluding hydrogens is 294 g/mol. The van der Waals surface area contributed by atoms with Gasteiger partial charge in [0, 0.05) is 0 Å². The van der Waals surface area contributed by atoms with Gasteiger partial charge in [0.2, 0.25) is 11.7 Å². The SMILES string of the molecule is C#C[C@]1(n2cnc3c(=O)[nH]c(N)nc32)O[C@H](CO)[C@@H](O)[C@H]1O. The number of H-pyrrole nitrogens is 1. The molecule has 4 atom stereocenters. The van der Waals surface area contributed by atoms with Crippen LogP contribution < -0.4 is 11.3 Å². The standard InChI is InChI=1S/C12H13N5O5/c1-2-12(8(20)7(19)5(3-18)22-12)17-4-14-6-9(17)15-11(13)16-10(6)21/h1,4-5,7-8,18-20H,3H2,(H3,13,15,16,21)/t5-,7-,8-,12+/m1/s1.